The summed E-state index contributed by atoms with van der Waals surface area (Å²) in [6, 6.07) is 15.4. The third kappa shape index (κ3) is 4.51. The lowest BCUT2D eigenvalue weighted by molar-refractivity contribution is -0.386. The predicted molar refractivity (Wildman–Crippen MR) is 111 cm³/mol. The summed E-state index contributed by atoms with van der Waals surface area (Å²) in [5, 5.41) is 15.4. The molecule has 3 rings (SSSR count). The van der Waals surface area contributed by atoms with Gasteiger partial charge in [0.2, 0.25) is 0 Å². The Morgan fingerprint density at radius 3 is 2.17 bits per heavy atom. The topological polar surface area (TPSA) is 81.3 Å². The van der Waals surface area contributed by atoms with Crippen molar-refractivity contribution in [2.75, 3.05) is 7.05 Å². The van der Waals surface area contributed by atoms with Gasteiger partial charge in [0.1, 0.15) is 11.4 Å². The van der Waals surface area contributed by atoms with Gasteiger partial charge in [0.15, 0.2) is 0 Å². The van der Waals surface area contributed by atoms with E-state index in [-0.39, 0.29) is 11.6 Å². The smallest absolute Gasteiger partial charge is 0.312 e. The molecule has 1 heterocycles. The zero-order valence-electron chi connectivity index (χ0n) is 17.0. The van der Waals surface area contributed by atoms with Crippen molar-refractivity contribution in [3.63, 3.8) is 0 Å². The first-order valence-electron chi connectivity index (χ1n) is 9.34. The largest absolute Gasteiger partial charge is 0.337 e. The maximum Gasteiger partial charge on any atom is 0.312 e. The van der Waals surface area contributed by atoms with Gasteiger partial charge in [0, 0.05) is 19.2 Å². The van der Waals surface area contributed by atoms with Gasteiger partial charge in [-0.1, -0.05) is 42.0 Å². The molecule has 0 bridgehead atoms. The molecule has 0 saturated heterocycles. The average Bonchev–Trinajstić information content (AvgIpc) is 2.96. The van der Waals surface area contributed by atoms with Crippen molar-refractivity contribution in [3.05, 3.63) is 92.3 Å². The number of aromatic nitrogens is 2. The second kappa shape index (κ2) is 8.26. The number of hydrogen-bond donors (Lipinski definition) is 0. The van der Waals surface area contributed by atoms with Gasteiger partial charge in [0.25, 0.3) is 5.91 Å². The Bertz CT molecular complexity index is 1040. The molecule has 1 amide bonds. The van der Waals surface area contributed by atoms with Crippen molar-refractivity contribution in [2.24, 2.45) is 0 Å². The number of nitrogens with zero attached hydrogens (tertiary/aromatic N) is 4. The highest BCUT2D eigenvalue weighted by Gasteiger charge is 2.21. The highest BCUT2D eigenvalue weighted by Crippen LogP contribution is 2.22. The normalized spacial score (nSPS) is 10.8. The van der Waals surface area contributed by atoms with Crippen molar-refractivity contribution in [3.8, 4) is 0 Å². The van der Waals surface area contributed by atoms with Gasteiger partial charge in [-0.05, 0) is 44.0 Å². The van der Waals surface area contributed by atoms with Crippen LogP contribution < -0.4 is 0 Å². The quantitative estimate of drug-likeness (QED) is 0.468. The Morgan fingerprint density at radius 1 is 1.03 bits per heavy atom. The van der Waals surface area contributed by atoms with Crippen LogP contribution in [0.3, 0.4) is 0 Å². The van der Waals surface area contributed by atoms with Crippen molar-refractivity contribution in [1.29, 1.82) is 0 Å². The van der Waals surface area contributed by atoms with Crippen LogP contribution in [0.2, 0.25) is 0 Å². The minimum absolute atomic E-state index is 0.0505. The minimum atomic E-state index is -0.403. The van der Waals surface area contributed by atoms with E-state index >= 15 is 0 Å². The van der Waals surface area contributed by atoms with E-state index in [4.69, 9.17) is 0 Å². The van der Waals surface area contributed by atoms with E-state index in [2.05, 4.69) is 5.10 Å². The zero-order valence-corrected chi connectivity index (χ0v) is 17.0. The number of rotatable bonds is 6. The molecule has 7 nitrogen and oxygen atoms in total. The SMILES string of the molecule is Cc1ccc(CN(C)C(=O)c2ccc(Cn3nc(C)c([N+](=O)[O-])c3C)cc2)cc1. The van der Waals surface area contributed by atoms with E-state index < -0.39 is 4.92 Å². The van der Waals surface area contributed by atoms with E-state index in [0.717, 1.165) is 11.1 Å². The van der Waals surface area contributed by atoms with E-state index in [1.807, 2.05) is 43.3 Å². The van der Waals surface area contributed by atoms with Crippen LogP contribution in [0.5, 0.6) is 0 Å². The molecule has 0 N–H and O–H groups in total. The first-order chi connectivity index (χ1) is 13.8. The zero-order chi connectivity index (χ0) is 21.1. The molecule has 0 aliphatic heterocycles. The molecule has 0 fully saturated rings. The highest BCUT2D eigenvalue weighted by atomic mass is 16.6. The fraction of sp³-hybridized carbons (Fsp3) is 0.273. The summed E-state index contributed by atoms with van der Waals surface area (Å²) in [6.07, 6.45) is 0. The van der Waals surface area contributed by atoms with Crippen molar-refractivity contribution >= 4 is 11.6 Å². The molecule has 150 valence electrons. The van der Waals surface area contributed by atoms with Crippen LogP contribution >= 0.6 is 0 Å². The monoisotopic (exact) mass is 392 g/mol. The Morgan fingerprint density at radius 2 is 1.62 bits per heavy atom. The van der Waals surface area contributed by atoms with Crippen LogP contribution in [0, 0.1) is 30.9 Å². The Balaban J connectivity index is 1.69. The number of benzene rings is 2. The van der Waals surface area contributed by atoms with Gasteiger partial charge in [-0.2, -0.15) is 5.10 Å². The van der Waals surface area contributed by atoms with E-state index in [9.17, 15) is 14.9 Å². The average molecular weight is 392 g/mol. The summed E-state index contributed by atoms with van der Waals surface area (Å²) in [4.78, 5) is 25.1. The van der Waals surface area contributed by atoms with Crippen molar-refractivity contribution in [1.82, 2.24) is 14.7 Å². The fourth-order valence-electron chi connectivity index (χ4n) is 3.29. The van der Waals surface area contributed by atoms with Gasteiger partial charge in [-0.25, -0.2) is 0 Å². The van der Waals surface area contributed by atoms with Crippen LogP contribution in [-0.2, 0) is 13.1 Å². The predicted octanol–water partition coefficient (Wildman–Crippen LogP) is 4.04. The number of aryl methyl sites for hydroxylation is 2. The molecule has 0 radical (unpaired) electrons. The molecule has 0 atom stereocenters. The minimum Gasteiger partial charge on any atom is -0.337 e. The summed E-state index contributed by atoms with van der Waals surface area (Å²) in [6.45, 7) is 6.30. The third-order valence-electron chi connectivity index (χ3n) is 4.95. The maximum absolute atomic E-state index is 12.7. The van der Waals surface area contributed by atoms with E-state index in [1.165, 1.54) is 5.56 Å². The number of amides is 1. The first-order valence-corrected chi connectivity index (χ1v) is 9.34. The summed E-state index contributed by atoms with van der Waals surface area (Å²) in [5.74, 6) is -0.0566. The van der Waals surface area contributed by atoms with E-state index in [0.29, 0.717) is 30.0 Å². The molecule has 0 spiro atoms. The Labute approximate surface area is 169 Å². The van der Waals surface area contributed by atoms with Gasteiger partial charge < -0.3 is 4.90 Å². The Hall–Kier alpha value is -3.48. The summed E-state index contributed by atoms with van der Waals surface area (Å²) >= 11 is 0. The molecule has 0 aliphatic rings. The summed E-state index contributed by atoms with van der Waals surface area (Å²) in [7, 11) is 1.78. The first kappa shape index (κ1) is 20.3. The molecule has 29 heavy (non-hydrogen) atoms. The molecule has 0 saturated carbocycles. The van der Waals surface area contributed by atoms with Crippen LogP contribution in [0.4, 0.5) is 5.69 Å². The van der Waals surface area contributed by atoms with Crippen LogP contribution in [-0.4, -0.2) is 32.6 Å². The lowest BCUT2D eigenvalue weighted by Crippen LogP contribution is -2.26. The second-order valence-corrected chi connectivity index (χ2v) is 7.28. The molecule has 2 aromatic carbocycles. The lowest BCUT2D eigenvalue weighted by Gasteiger charge is -2.17. The molecule has 0 unspecified atom stereocenters. The summed E-state index contributed by atoms with van der Waals surface area (Å²) in [5.41, 5.74) is 4.75. The maximum atomic E-state index is 12.7. The van der Waals surface area contributed by atoms with Crippen LogP contribution in [0.15, 0.2) is 48.5 Å². The molecule has 1 aromatic heterocycles. The number of carbonyl (C=O) groups excluding carboxylic acids is 1. The standard InChI is InChI=1S/C22H24N4O3/c1-15-5-7-18(8-6-15)13-24(4)22(27)20-11-9-19(10-12-20)14-25-17(3)21(26(28)29)16(2)23-25/h5-12H,13-14H2,1-4H3. The number of nitro groups is 1. The second-order valence-electron chi connectivity index (χ2n) is 7.28. The molecule has 0 aliphatic carbocycles. The Kier molecular flexibility index (Phi) is 5.77. The van der Waals surface area contributed by atoms with Crippen LogP contribution in [0.1, 0.15) is 38.4 Å². The lowest BCUT2D eigenvalue weighted by atomic mass is 10.1. The molecular weight excluding hydrogens is 368 g/mol. The third-order valence-corrected chi connectivity index (χ3v) is 4.95. The van der Waals surface area contributed by atoms with Gasteiger partial charge in [-0.15, -0.1) is 0 Å². The number of carbonyl (C=O) groups is 1. The summed E-state index contributed by atoms with van der Waals surface area (Å²) < 4.78 is 1.62. The molecular formula is C22H24N4O3. The van der Waals surface area contributed by atoms with Crippen molar-refractivity contribution < 1.29 is 9.72 Å². The van der Waals surface area contributed by atoms with Gasteiger partial charge in [0.05, 0.1) is 11.5 Å². The molecule has 7 heteroatoms. The van der Waals surface area contributed by atoms with Crippen LogP contribution in [0.25, 0.3) is 0 Å². The van der Waals surface area contributed by atoms with Crippen molar-refractivity contribution in [2.45, 2.75) is 33.9 Å². The molecule has 3 aromatic rings. The number of hydrogen-bond acceptors (Lipinski definition) is 4. The fourth-order valence-corrected chi connectivity index (χ4v) is 3.29. The van der Waals surface area contributed by atoms with E-state index in [1.54, 1.807) is 42.6 Å². The van der Waals surface area contributed by atoms with Gasteiger partial charge in [-0.3, -0.25) is 19.6 Å². The van der Waals surface area contributed by atoms with Gasteiger partial charge >= 0.3 is 5.69 Å². The highest BCUT2D eigenvalue weighted by molar-refractivity contribution is 5.94.